The van der Waals surface area contributed by atoms with Crippen LogP contribution in [0.5, 0.6) is 0 Å². The molecule has 0 atom stereocenters. The molecule has 0 spiro atoms. The Balaban J connectivity index is 3.67. The molecular formula is C8H16N2. The van der Waals surface area contributed by atoms with E-state index in [4.69, 9.17) is 5.41 Å². The van der Waals surface area contributed by atoms with Crippen molar-refractivity contribution in [2.75, 3.05) is 6.54 Å². The highest BCUT2D eigenvalue weighted by Crippen LogP contribution is 2.07. The van der Waals surface area contributed by atoms with Crippen LogP contribution in [0.4, 0.5) is 0 Å². The Kier molecular flexibility index (Phi) is 3.26. The number of nitrogens with one attached hydrogen (secondary N) is 1. The van der Waals surface area contributed by atoms with Gasteiger partial charge in [-0.25, -0.2) is 0 Å². The molecule has 0 aliphatic heterocycles. The van der Waals surface area contributed by atoms with E-state index in [1.54, 1.807) is 6.92 Å². The van der Waals surface area contributed by atoms with Gasteiger partial charge in [-0.05, 0) is 12.3 Å². The lowest BCUT2D eigenvalue weighted by Crippen LogP contribution is -2.07. The molecule has 0 aliphatic rings. The van der Waals surface area contributed by atoms with Crippen LogP contribution in [0.2, 0.25) is 0 Å². The summed E-state index contributed by atoms with van der Waals surface area (Å²) in [6, 6.07) is 0. The van der Waals surface area contributed by atoms with Gasteiger partial charge in [0.05, 0.1) is 6.54 Å². The number of aliphatic imine (C=N–C) groups is 1. The Morgan fingerprint density at radius 1 is 1.50 bits per heavy atom. The van der Waals surface area contributed by atoms with E-state index in [9.17, 15) is 0 Å². The topological polar surface area (TPSA) is 36.2 Å². The van der Waals surface area contributed by atoms with Gasteiger partial charge < -0.3 is 5.41 Å². The van der Waals surface area contributed by atoms with Crippen molar-refractivity contribution >= 4 is 11.9 Å². The Labute approximate surface area is 62.9 Å². The van der Waals surface area contributed by atoms with E-state index in [0.29, 0.717) is 12.3 Å². The van der Waals surface area contributed by atoms with Crippen LogP contribution < -0.4 is 0 Å². The molecule has 0 rings (SSSR count). The van der Waals surface area contributed by atoms with Crippen LogP contribution in [0.15, 0.2) is 4.99 Å². The summed E-state index contributed by atoms with van der Waals surface area (Å²) in [6.45, 7) is 8.58. The van der Waals surface area contributed by atoms with Gasteiger partial charge in [-0.2, -0.15) is 0 Å². The summed E-state index contributed by atoms with van der Waals surface area (Å²) in [4.78, 5) is 4.09. The molecule has 0 aromatic heterocycles. The predicted octanol–water partition coefficient (Wildman–Crippen LogP) is 2.14. The molecule has 0 saturated carbocycles. The van der Waals surface area contributed by atoms with Crippen LogP contribution in [-0.4, -0.2) is 18.5 Å². The van der Waals surface area contributed by atoms with Gasteiger partial charge in [-0.1, -0.05) is 20.8 Å². The third-order valence-electron chi connectivity index (χ3n) is 0.807. The molecule has 0 aliphatic carbocycles. The zero-order valence-electron chi connectivity index (χ0n) is 7.23. The molecule has 2 nitrogen and oxygen atoms in total. The molecule has 0 bridgehead atoms. The molecule has 2 heteroatoms. The summed E-state index contributed by atoms with van der Waals surface area (Å²) < 4.78 is 0. The number of hydrogen-bond acceptors (Lipinski definition) is 2. The summed E-state index contributed by atoms with van der Waals surface area (Å²) in [6.07, 6.45) is 1.89. The van der Waals surface area contributed by atoms with Crippen molar-refractivity contribution in [2.24, 2.45) is 10.4 Å². The SMILES string of the molecule is CC(=N)CN=CC(C)(C)C. The Bertz CT molecular complexity index is 140. The first-order valence-electron chi connectivity index (χ1n) is 3.47. The van der Waals surface area contributed by atoms with Crippen molar-refractivity contribution in [1.82, 2.24) is 0 Å². The lowest BCUT2D eigenvalue weighted by Gasteiger charge is -2.09. The second-order valence-electron chi connectivity index (χ2n) is 3.62. The first kappa shape index (κ1) is 9.34. The molecule has 10 heavy (non-hydrogen) atoms. The normalized spacial score (nSPS) is 12.4. The lowest BCUT2D eigenvalue weighted by atomic mass is 9.99. The minimum Gasteiger partial charge on any atom is -0.308 e. The zero-order valence-corrected chi connectivity index (χ0v) is 7.23. The fourth-order valence-electron chi connectivity index (χ4n) is 0.456. The Morgan fingerprint density at radius 2 is 2.00 bits per heavy atom. The predicted molar refractivity (Wildman–Crippen MR) is 46.2 cm³/mol. The highest BCUT2D eigenvalue weighted by Gasteiger charge is 2.03. The van der Waals surface area contributed by atoms with Crippen LogP contribution in [0.25, 0.3) is 0 Å². The number of nitrogens with zero attached hydrogens (tertiary/aromatic N) is 1. The summed E-state index contributed by atoms with van der Waals surface area (Å²) in [5, 5.41) is 7.09. The summed E-state index contributed by atoms with van der Waals surface area (Å²) in [7, 11) is 0. The fourth-order valence-corrected chi connectivity index (χ4v) is 0.456. The second-order valence-corrected chi connectivity index (χ2v) is 3.62. The van der Waals surface area contributed by atoms with Crippen LogP contribution in [0.3, 0.4) is 0 Å². The molecule has 0 saturated heterocycles. The molecule has 0 unspecified atom stereocenters. The molecule has 0 fully saturated rings. The van der Waals surface area contributed by atoms with Crippen molar-refractivity contribution in [3.05, 3.63) is 0 Å². The van der Waals surface area contributed by atoms with Gasteiger partial charge in [0, 0.05) is 11.9 Å². The highest BCUT2D eigenvalue weighted by molar-refractivity contribution is 5.82. The Hall–Kier alpha value is -0.660. The average Bonchev–Trinajstić information content (AvgIpc) is 1.59. The number of rotatable bonds is 2. The quantitative estimate of drug-likeness (QED) is 0.570. The van der Waals surface area contributed by atoms with E-state index < -0.39 is 0 Å². The molecule has 0 heterocycles. The summed E-state index contributed by atoms with van der Waals surface area (Å²) in [5.74, 6) is 0. The lowest BCUT2D eigenvalue weighted by molar-refractivity contribution is 0.605. The van der Waals surface area contributed by atoms with Crippen LogP contribution in [0.1, 0.15) is 27.7 Å². The maximum Gasteiger partial charge on any atom is 0.0758 e. The number of hydrogen-bond donors (Lipinski definition) is 1. The molecule has 0 aromatic carbocycles. The molecule has 58 valence electrons. The van der Waals surface area contributed by atoms with Gasteiger partial charge in [-0.15, -0.1) is 0 Å². The van der Waals surface area contributed by atoms with Crippen molar-refractivity contribution < 1.29 is 0 Å². The van der Waals surface area contributed by atoms with E-state index in [1.807, 2.05) is 6.21 Å². The first-order valence-corrected chi connectivity index (χ1v) is 3.47. The van der Waals surface area contributed by atoms with Gasteiger partial charge in [0.25, 0.3) is 0 Å². The van der Waals surface area contributed by atoms with Gasteiger partial charge in [0.1, 0.15) is 0 Å². The van der Waals surface area contributed by atoms with Gasteiger partial charge in [0.15, 0.2) is 0 Å². The minimum atomic E-state index is 0.148. The van der Waals surface area contributed by atoms with Crippen molar-refractivity contribution in [3.8, 4) is 0 Å². The molecule has 0 aromatic rings. The van der Waals surface area contributed by atoms with E-state index in [0.717, 1.165) is 0 Å². The Morgan fingerprint density at radius 3 is 2.30 bits per heavy atom. The molecular weight excluding hydrogens is 124 g/mol. The van der Waals surface area contributed by atoms with Gasteiger partial charge in [0.2, 0.25) is 0 Å². The van der Waals surface area contributed by atoms with Crippen LogP contribution in [-0.2, 0) is 0 Å². The fraction of sp³-hybridized carbons (Fsp3) is 0.750. The van der Waals surface area contributed by atoms with Crippen molar-refractivity contribution in [1.29, 1.82) is 5.41 Å². The van der Waals surface area contributed by atoms with Gasteiger partial charge in [-0.3, -0.25) is 4.99 Å². The van der Waals surface area contributed by atoms with E-state index in [2.05, 4.69) is 25.8 Å². The largest absolute Gasteiger partial charge is 0.308 e. The minimum absolute atomic E-state index is 0.148. The smallest absolute Gasteiger partial charge is 0.0758 e. The average molecular weight is 140 g/mol. The van der Waals surface area contributed by atoms with E-state index in [1.165, 1.54) is 0 Å². The third kappa shape index (κ3) is 7.34. The highest BCUT2D eigenvalue weighted by atomic mass is 14.7. The summed E-state index contributed by atoms with van der Waals surface area (Å²) >= 11 is 0. The van der Waals surface area contributed by atoms with E-state index >= 15 is 0 Å². The first-order chi connectivity index (χ1) is 4.42. The van der Waals surface area contributed by atoms with Crippen molar-refractivity contribution in [2.45, 2.75) is 27.7 Å². The van der Waals surface area contributed by atoms with Crippen LogP contribution >= 0.6 is 0 Å². The van der Waals surface area contributed by atoms with Crippen LogP contribution in [0, 0.1) is 10.8 Å². The molecule has 0 amide bonds. The molecule has 0 radical (unpaired) electrons. The maximum absolute atomic E-state index is 7.09. The summed E-state index contributed by atoms with van der Waals surface area (Å²) in [5.41, 5.74) is 0.760. The standard InChI is InChI=1S/C8H16N2/c1-7(9)5-10-6-8(2,3)4/h6,9H,5H2,1-4H3. The third-order valence-corrected chi connectivity index (χ3v) is 0.807. The zero-order chi connectivity index (χ0) is 8.20. The van der Waals surface area contributed by atoms with Crippen molar-refractivity contribution in [3.63, 3.8) is 0 Å². The monoisotopic (exact) mass is 140 g/mol. The second kappa shape index (κ2) is 3.49. The van der Waals surface area contributed by atoms with E-state index in [-0.39, 0.29) is 5.41 Å². The van der Waals surface area contributed by atoms with Gasteiger partial charge >= 0.3 is 0 Å². The molecule has 1 N–H and O–H groups in total. The maximum atomic E-state index is 7.09.